The molecule has 4 heterocycles. The van der Waals surface area contributed by atoms with Crippen molar-refractivity contribution in [3.63, 3.8) is 0 Å². The molecule has 1 aliphatic rings. The Morgan fingerprint density at radius 2 is 1.85 bits per heavy atom. The van der Waals surface area contributed by atoms with Gasteiger partial charge in [0.1, 0.15) is 0 Å². The molecule has 0 unspecified atom stereocenters. The number of fused-ring (bicyclic) bond motifs is 1. The molecule has 34 heavy (non-hydrogen) atoms. The lowest BCUT2D eigenvalue weighted by Gasteiger charge is -2.26. The zero-order valence-corrected chi connectivity index (χ0v) is 20.1. The minimum absolute atomic E-state index is 0. The van der Waals surface area contributed by atoms with Crippen LogP contribution in [0.5, 0.6) is 0 Å². The zero-order valence-electron chi connectivity index (χ0n) is 18.5. The Balaban J connectivity index is 0.00000274. The fraction of sp³-hybridized carbons (Fsp3) is 0.304. The molecule has 0 saturated carbocycles. The van der Waals surface area contributed by atoms with E-state index in [2.05, 4.69) is 35.5 Å². The van der Waals surface area contributed by atoms with Crippen LogP contribution in [0.1, 0.15) is 5.56 Å². The van der Waals surface area contributed by atoms with Gasteiger partial charge >= 0.3 is 0 Å². The van der Waals surface area contributed by atoms with E-state index in [9.17, 15) is 0 Å². The summed E-state index contributed by atoms with van der Waals surface area (Å²) in [5, 5.41) is 7.38. The van der Waals surface area contributed by atoms with E-state index in [-0.39, 0.29) is 12.4 Å². The number of hydrogen-bond donors (Lipinski definition) is 2. The van der Waals surface area contributed by atoms with Crippen molar-refractivity contribution in [3.8, 4) is 11.4 Å². The maximum Gasteiger partial charge on any atom is 0.223 e. The van der Waals surface area contributed by atoms with Gasteiger partial charge in [-0.3, -0.25) is 9.30 Å². The first-order valence-electron chi connectivity index (χ1n) is 10.9. The largest absolute Gasteiger partial charge is 0.379 e. The molecule has 2 N–H and O–H groups in total. The van der Waals surface area contributed by atoms with Gasteiger partial charge < -0.3 is 15.4 Å². The van der Waals surface area contributed by atoms with E-state index in [4.69, 9.17) is 16.3 Å². The van der Waals surface area contributed by atoms with Gasteiger partial charge in [-0.25, -0.2) is 19.9 Å². The topological polar surface area (TPSA) is 92.5 Å². The maximum atomic E-state index is 6.25. The average molecular weight is 501 g/mol. The van der Waals surface area contributed by atoms with Crippen molar-refractivity contribution in [2.75, 3.05) is 50.0 Å². The van der Waals surface area contributed by atoms with Crippen LogP contribution in [0.4, 0.5) is 11.8 Å². The minimum atomic E-state index is 0. The second kappa shape index (κ2) is 11.4. The minimum Gasteiger partial charge on any atom is -0.379 e. The van der Waals surface area contributed by atoms with E-state index < -0.39 is 0 Å². The quantitative estimate of drug-likeness (QED) is 0.378. The van der Waals surface area contributed by atoms with Crippen LogP contribution in [0, 0.1) is 0 Å². The molecule has 1 aromatic carbocycles. The number of imidazole rings is 1. The van der Waals surface area contributed by atoms with Crippen molar-refractivity contribution in [3.05, 3.63) is 65.7 Å². The molecule has 0 spiro atoms. The van der Waals surface area contributed by atoms with Gasteiger partial charge in [0, 0.05) is 56.3 Å². The molecule has 1 saturated heterocycles. The van der Waals surface area contributed by atoms with Crippen LogP contribution in [-0.4, -0.2) is 68.6 Å². The lowest BCUT2D eigenvalue weighted by atomic mass is 10.2. The number of aromatic nitrogens is 5. The Bertz CT molecular complexity index is 1230. The van der Waals surface area contributed by atoms with E-state index >= 15 is 0 Å². The van der Waals surface area contributed by atoms with Gasteiger partial charge in [0.15, 0.2) is 11.5 Å². The molecule has 4 aromatic rings. The van der Waals surface area contributed by atoms with Crippen molar-refractivity contribution < 1.29 is 4.74 Å². The van der Waals surface area contributed by atoms with Crippen molar-refractivity contribution in [2.45, 2.75) is 6.54 Å². The van der Waals surface area contributed by atoms with E-state index in [0.717, 1.165) is 67.8 Å². The highest BCUT2D eigenvalue weighted by molar-refractivity contribution is 6.31. The summed E-state index contributed by atoms with van der Waals surface area (Å²) < 4.78 is 7.40. The van der Waals surface area contributed by atoms with Gasteiger partial charge in [0.2, 0.25) is 5.95 Å². The summed E-state index contributed by atoms with van der Waals surface area (Å²) in [5.74, 6) is 1.28. The van der Waals surface area contributed by atoms with Crippen LogP contribution in [0.2, 0.25) is 5.02 Å². The van der Waals surface area contributed by atoms with Crippen LogP contribution in [0.25, 0.3) is 17.0 Å². The lowest BCUT2D eigenvalue weighted by molar-refractivity contribution is 0.0398. The third-order valence-electron chi connectivity index (χ3n) is 5.57. The molecule has 0 amide bonds. The Labute approximate surface area is 209 Å². The van der Waals surface area contributed by atoms with Gasteiger partial charge in [-0.05, 0) is 17.7 Å². The molecule has 11 heteroatoms. The smallest absolute Gasteiger partial charge is 0.223 e. The summed E-state index contributed by atoms with van der Waals surface area (Å²) in [5.41, 5.74) is 3.39. The molecule has 3 aromatic heterocycles. The molecule has 5 rings (SSSR count). The van der Waals surface area contributed by atoms with Gasteiger partial charge in [-0.1, -0.05) is 29.8 Å². The first-order chi connectivity index (χ1) is 16.3. The van der Waals surface area contributed by atoms with Crippen molar-refractivity contribution in [1.82, 2.24) is 29.2 Å². The number of anilines is 2. The van der Waals surface area contributed by atoms with E-state index in [1.807, 2.05) is 47.1 Å². The van der Waals surface area contributed by atoms with Crippen molar-refractivity contribution in [2.24, 2.45) is 0 Å². The van der Waals surface area contributed by atoms with Crippen molar-refractivity contribution in [1.29, 1.82) is 0 Å². The fourth-order valence-electron chi connectivity index (χ4n) is 3.79. The molecule has 1 fully saturated rings. The normalized spacial score (nSPS) is 14.0. The Morgan fingerprint density at radius 1 is 1.00 bits per heavy atom. The van der Waals surface area contributed by atoms with Crippen LogP contribution >= 0.6 is 24.0 Å². The number of morpholine rings is 1. The van der Waals surface area contributed by atoms with Gasteiger partial charge in [-0.2, -0.15) is 0 Å². The second-order valence-electron chi connectivity index (χ2n) is 7.70. The molecule has 1 aliphatic heterocycles. The summed E-state index contributed by atoms with van der Waals surface area (Å²) in [6.45, 7) is 5.79. The molecule has 0 atom stereocenters. The molecule has 9 nitrogen and oxygen atoms in total. The summed E-state index contributed by atoms with van der Waals surface area (Å²) in [6, 6.07) is 9.59. The molecule has 0 aliphatic carbocycles. The zero-order chi connectivity index (χ0) is 22.5. The molecule has 0 bridgehead atoms. The average Bonchev–Trinajstić information content (AvgIpc) is 3.30. The third-order valence-corrected chi connectivity index (χ3v) is 5.93. The highest BCUT2D eigenvalue weighted by Gasteiger charge is 2.13. The summed E-state index contributed by atoms with van der Waals surface area (Å²) in [4.78, 5) is 20.5. The number of benzene rings is 1. The third kappa shape index (κ3) is 5.56. The molecule has 0 radical (unpaired) electrons. The predicted octanol–water partition coefficient (Wildman–Crippen LogP) is 3.62. The molecule has 178 valence electrons. The number of nitrogens with one attached hydrogen (secondary N) is 2. The standard InChI is InChI=1S/C23H25ClN8O.ClH/c24-18-4-2-1-3-17(18)15-29-23-27-6-5-19(30-23)20-16-28-22-21(26-8-10-32(20)22)25-7-9-31-11-13-33-14-12-31;/h1-6,8,10,16H,7,9,11-15H2,(H,25,26)(H,27,29,30);1H. The van der Waals surface area contributed by atoms with Crippen LogP contribution in [-0.2, 0) is 11.3 Å². The second-order valence-corrected chi connectivity index (χ2v) is 8.11. The number of halogens is 2. The summed E-state index contributed by atoms with van der Waals surface area (Å²) in [7, 11) is 0. The Kier molecular flexibility index (Phi) is 8.12. The van der Waals surface area contributed by atoms with Crippen molar-refractivity contribution >= 4 is 41.4 Å². The SMILES string of the molecule is Cl.Clc1ccccc1CNc1nccc(-c2cnc3c(NCCN4CCOCC4)nccn23)n1. The molecular weight excluding hydrogens is 475 g/mol. The lowest BCUT2D eigenvalue weighted by Crippen LogP contribution is -2.39. The van der Waals surface area contributed by atoms with Gasteiger partial charge in [0.25, 0.3) is 0 Å². The number of rotatable bonds is 8. The predicted molar refractivity (Wildman–Crippen MR) is 136 cm³/mol. The first kappa shape index (κ1) is 24.2. The highest BCUT2D eigenvalue weighted by atomic mass is 35.5. The summed E-state index contributed by atoms with van der Waals surface area (Å²) in [6.07, 6.45) is 7.21. The molecular formula is C23H26Cl2N8O. The van der Waals surface area contributed by atoms with Crippen LogP contribution < -0.4 is 10.6 Å². The van der Waals surface area contributed by atoms with Gasteiger partial charge in [0.05, 0.1) is 30.8 Å². The van der Waals surface area contributed by atoms with E-state index in [0.29, 0.717) is 17.5 Å². The van der Waals surface area contributed by atoms with E-state index in [1.54, 1.807) is 12.4 Å². The number of ether oxygens (including phenoxy) is 1. The van der Waals surface area contributed by atoms with Crippen LogP contribution in [0.3, 0.4) is 0 Å². The Hall–Kier alpha value is -2.98. The van der Waals surface area contributed by atoms with Gasteiger partial charge in [-0.15, -0.1) is 12.4 Å². The summed E-state index contributed by atoms with van der Waals surface area (Å²) >= 11 is 6.25. The number of nitrogens with zero attached hydrogens (tertiary/aromatic N) is 6. The fourth-order valence-corrected chi connectivity index (χ4v) is 4.00. The van der Waals surface area contributed by atoms with Crippen LogP contribution in [0.15, 0.2) is 55.1 Å². The highest BCUT2D eigenvalue weighted by Crippen LogP contribution is 2.23. The first-order valence-corrected chi connectivity index (χ1v) is 11.3. The number of hydrogen-bond acceptors (Lipinski definition) is 8. The monoisotopic (exact) mass is 500 g/mol. The Morgan fingerprint density at radius 3 is 2.71 bits per heavy atom. The maximum absolute atomic E-state index is 6.25. The van der Waals surface area contributed by atoms with E-state index in [1.165, 1.54) is 0 Å².